The molecule has 0 aliphatic rings. The minimum absolute atomic E-state index is 0.0131. The van der Waals surface area contributed by atoms with Gasteiger partial charge in [-0.3, -0.25) is 14.9 Å². The van der Waals surface area contributed by atoms with Crippen molar-refractivity contribution in [3.63, 3.8) is 0 Å². The highest BCUT2D eigenvalue weighted by molar-refractivity contribution is 8.00. The third kappa shape index (κ3) is 4.24. The first kappa shape index (κ1) is 21.2. The number of carbonyl (C=O) groups is 1. The molecule has 0 spiro atoms. The van der Waals surface area contributed by atoms with E-state index >= 15 is 0 Å². The Hall–Kier alpha value is -4.14. The van der Waals surface area contributed by atoms with E-state index in [-0.39, 0.29) is 33.2 Å². The molecule has 0 radical (unpaired) electrons. The van der Waals surface area contributed by atoms with Gasteiger partial charge in [-0.1, -0.05) is 11.8 Å². The summed E-state index contributed by atoms with van der Waals surface area (Å²) in [7, 11) is 2.97. The van der Waals surface area contributed by atoms with Gasteiger partial charge in [0.2, 0.25) is 5.91 Å². The molecule has 11 heteroatoms. The molecule has 0 fully saturated rings. The second-order valence-corrected chi connectivity index (χ2v) is 6.91. The molecule has 0 saturated carbocycles. The molecular weight excluding hydrogens is 394 g/mol. The lowest BCUT2D eigenvalue weighted by atomic mass is 9.96. The average Bonchev–Trinajstić information content (AvgIpc) is 2.70. The molecule has 0 aliphatic carbocycles. The topological polar surface area (TPSA) is 174 Å². The predicted octanol–water partition coefficient (Wildman–Crippen LogP) is 2.05. The zero-order valence-corrected chi connectivity index (χ0v) is 16.1. The summed E-state index contributed by atoms with van der Waals surface area (Å²) in [5.41, 5.74) is 6.06. The number of nitro groups is 1. The summed E-state index contributed by atoms with van der Waals surface area (Å²) in [6, 6.07) is 10.9. The Morgan fingerprint density at radius 1 is 1.21 bits per heavy atom. The van der Waals surface area contributed by atoms with Gasteiger partial charge in [0.15, 0.2) is 5.25 Å². The number of thioether (sulfide) groups is 1. The molecule has 0 saturated heterocycles. The van der Waals surface area contributed by atoms with Crippen LogP contribution in [0.25, 0.3) is 11.1 Å². The first-order valence-corrected chi connectivity index (χ1v) is 8.79. The highest BCUT2D eigenvalue weighted by Crippen LogP contribution is 2.37. The number of amides is 1. The third-order valence-electron chi connectivity index (χ3n) is 3.79. The zero-order chi connectivity index (χ0) is 21.7. The molecule has 1 amide bonds. The maximum atomic E-state index is 12.2. The largest absolute Gasteiger partial charge is 0.383 e. The number of carbonyl (C=O) groups excluding carboxylic acids is 1. The molecule has 1 aromatic carbocycles. The standard InChI is InChI=1S/C18H13N7O3S/c1-24(2)18(26)14(9-21)29-17-13(8-20)15(12(7-19)16(22)23-17)10-3-5-11(6-4-10)25(27)28/h3-6,14H,1-2H3,(H2,22,23). The van der Waals surface area contributed by atoms with E-state index in [1.807, 2.05) is 18.2 Å². The summed E-state index contributed by atoms with van der Waals surface area (Å²) in [5, 5.41) is 38.2. The molecule has 2 rings (SSSR count). The fourth-order valence-corrected chi connectivity index (χ4v) is 3.40. The summed E-state index contributed by atoms with van der Waals surface area (Å²) >= 11 is 0.743. The second-order valence-electron chi connectivity index (χ2n) is 5.81. The van der Waals surface area contributed by atoms with E-state index in [0.717, 1.165) is 11.8 Å². The van der Waals surface area contributed by atoms with Gasteiger partial charge in [0.1, 0.15) is 28.5 Å². The van der Waals surface area contributed by atoms with Crippen molar-refractivity contribution in [2.24, 2.45) is 0 Å². The Morgan fingerprint density at radius 2 is 1.79 bits per heavy atom. The van der Waals surface area contributed by atoms with Crippen molar-refractivity contribution in [2.45, 2.75) is 10.3 Å². The number of nitrogen functional groups attached to an aromatic ring is 1. The van der Waals surface area contributed by atoms with E-state index in [0.29, 0.717) is 5.56 Å². The number of aromatic nitrogens is 1. The van der Waals surface area contributed by atoms with Crippen LogP contribution < -0.4 is 5.73 Å². The van der Waals surface area contributed by atoms with Gasteiger partial charge in [-0.25, -0.2) is 4.98 Å². The fraction of sp³-hybridized carbons (Fsp3) is 0.167. The number of nitrogens with two attached hydrogens (primary N) is 1. The summed E-state index contributed by atoms with van der Waals surface area (Å²) < 4.78 is 0. The number of non-ortho nitro benzene ring substituents is 1. The number of rotatable bonds is 5. The van der Waals surface area contributed by atoms with E-state index in [4.69, 9.17) is 5.73 Å². The lowest BCUT2D eigenvalue weighted by Gasteiger charge is -2.16. The van der Waals surface area contributed by atoms with E-state index in [1.54, 1.807) is 0 Å². The van der Waals surface area contributed by atoms with Crippen LogP contribution in [-0.2, 0) is 4.79 Å². The Kier molecular flexibility index (Phi) is 6.35. The van der Waals surface area contributed by atoms with Crippen LogP contribution in [0.1, 0.15) is 11.1 Å². The monoisotopic (exact) mass is 407 g/mol. The third-order valence-corrected chi connectivity index (χ3v) is 4.86. The number of pyridine rings is 1. The van der Waals surface area contributed by atoms with Gasteiger partial charge < -0.3 is 10.6 Å². The van der Waals surface area contributed by atoms with E-state index in [1.165, 1.54) is 43.3 Å². The van der Waals surface area contributed by atoms with Crippen LogP contribution in [0.4, 0.5) is 11.5 Å². The molecule has 1 heterocycles. The molecule has 0 aliphatic heterocycles. The molecule has 1 aromatic heterocycles. The van der Waals surface area contributed by atoms with Crippen LogP contribution in [0.15, 0.2) is 29.3 Å². The van der Waals surface area contributed by atoms with Crippen molar-refractivity contribution in [1.82, 2.24) is 9.88 Å². The quantitative estimate of drug-likeness (QED) is 0.442. The van der Waals surface area contributed by atoms with Gasteiger partial charge in [0.05, 0.1) is 16.6 Å². The average molecular weight is 407 g/mol. The normalized spacial score (nSPS) is 10.9. The maximum absolute atomic E-state index is 12.2. The molecule has 1 unspecified atom stereocenters. The van der Waals surface area contributed by atoms with Crippen molar-refractivity contribution in [3.8, 4) is 29.3 Å². The van der Waals surface area contributed by atoms with Crippen molar-refractivity contribution in [3.05, 3.63) is 45.5 Å². The summed E-state index contributed by atoms with van der Waals surface area (Å²) in [4.78, 5) is 27.7. The van der Waals surface area contributed by atoms with E-state index in [2.05, 4.69) is 4.98 Å². The minimum Gasteiger partial charge on any atom is -0.383 e. The summed E-state index contributed by atoms with van der Waals surface area (Å²) in [5.74, 6) is -0.681. The number of hydrogen-bond donors (Lipinski definition) is 1. The molecule has 2 aromatic rings. The molecule has 0 bridgehead atoms. The van der Waals surface area contributed by atoms with Crippen molar-refractivity contribution >= 4 is 29.2 Å². The number of nitriles is 3. The van der Waals surface area contributed by atoms with Crippen LogP contribution >= 0.6 is 11.8 Å². The zero-order valence-electron chi connectivity index (χ0n) is 15.3. The molecule has 2 N–H and O–H groups in total. The maximum Gasteiger partial charge on any atom is 0.269 e. The van der Waals surface area contributed by atoms with Crippen molar-refractivity contribution in [1.29, 1.82) is 15.8 Å². The van der Waals surface area contributed by atoms with Crippen molar-refractivity contribution < 1.29 is 9.72 Å². The van der Waals surface area contributed by atoms with E-state index in [9.17, 15) is 30.7 Å². The second kappa shape index (κ2) is 8.70. The number of anilines is 1. The van der Waals surface area contributed by atoms with Crippen LogP contribution in [-0.4, -0.2) is 40.1 Å². The Labute approximate surface area is 169 Å². The van der Waals surface area contributed by atoms with Crippen molar-refractivity contribution in [2.75, 3.05) is 19.8 Å². The van der Waals surface area contributed by atoms with Gasteiger partial charge in [0.25, 0.3) is 5.69 Å². The Balaban J connectivity index is 2.70. The number of hydrogen-bond acceptors (Lipinski definition) is 9. The SMILES string of the molecule is CN(C)C(=O)C(C#N)Sc1nc(N)c(C#N)c(-c2ccc([N+](=O)[O-])cc2)c1C#N. The van der Waals surface area contributed by atoms with Crippen LogP contribution in [0.3, 0.4) is 0 Å². The van der Waals surface area contributed by atoms with Gasteiger partial charge in [-0.15, -0.1) is 0 Å². The first-order chi connectivity index (χ1) is 13.7. The Bertz CT molecular complexity index is 1110. The smallest absolute Gasteiger partial charge is 0.269 e. The Morgan fingerprint density at radius 3 is 2.24 bits per heavy atom. The lowest BCUT2D eigenvalue weighted by molar-refractivity contribution is -0.384. The predicted molar refractivity (Wildman–Crippen MR) is 104 cm³/mol. The molecule has 144 valence electrons. The first-order valence-electron chi connectivity index (χ1n) is 7.91. The fourth-order valence-electron chi connectivity index (χ4n) is 2.40. The minimum atomic E-state index is -1.18. The molecule has 10 nitrogen and oxygen atoms in total. The number of benzene rings is 1. The highest BCUT2D eigenvalue weighted by atomic mass is 32.2. The van der Waals surface area contributed by atoms with Crippen LogP contribution in [0.2, 0.25) is 0 Å². The molecule has 1 atom stereocenters. The highest BCUT2D eigenvalue weighted by Gasteiger charge is 2.27. The summed E-state index contributed by atoms with van der Waals surface area (Å²) in [6.07, 6.45) is 0. The van der Waals surface area contributed by atoms with Gasteiger partial charge in [-0.2, -0.15) is 15.8 Å². The lowest BCUT2D eigenvalue weighted by Crippen LogP contribution is -2.30. The molecule has 29 heavy (non-hydrogen) atoms. The number of nitrogens with zero attached hydrogens (tertiary/aromatic N) is 6. The van der Waals surface area contributed by atoms with E-state index < -0.39 is 16.1 Å². The van der Waals surface area contributed by atoms with Crippen LogP contribution in [0.5, 0.6) is 0 Å². The van der Waals surface area contributed by atoms with Crippen LogP contribution in [0, 0.1) is 44.1 Å². The van der Waals surface area contributed by atoms with Gasteiger partial charge in [-0.05, 0) is 17.7 Å². The molecular formula is C18H13N7O3S. The van der Waals surface area contributed by atoms with Gasteiger partial charge >= 0.3 is 0 Å². The number of nitro benzene ring substituents is 1. The van der Waals surface area contributed by atoms with Gasteiger partial charge in [0, 0.05) is 31.8 Å². The summed E-state index contributed by atoms with van der Waals surface area (Å²) in [6.45, 7) is 0.